The van der Waals surface area contributed by atoms with Crippen LogP contribution in [-0.4, -0.2) is 11.0 Å². The molecule has 2 rings (SSSR count). The van der Waals surface area contributed by atoms with Gasteiger partial charge in [0.2, 0.25) is 0 Å². The molecule has 0 aliphatic heterocycles. The van der Waals surface area contributed by atoms with E-state index in [1.54, 1.807) is 6.07 Å². The van der Waals surface area contributed by atoms with E-state index >= 15 is 0 Å². The standard InChI is InChI=1S/C17H26N2O2/c1-4-13-5-10-16(11-17(13)19(20)21)18-15-8-6-14(7-9-15)12(2)3/h5,10-12,14-15,18H,4,6-9H2,1-3H3. The Labute approximate surface area is 127 Å². The Balaban J connectivity index is 2.01. The van der Waals surface area contributed by atoms with Gasteiger partial charge in [-0.25, -0.2) is 0 Å². The molecular weight excluding hydrogens is 264 g/mol. The lowest BCUT2D eigenvalue weighted by Gasteiger charge is -2.31. The van der Waals surface area contributed by atoms with Crippen molar-refractivity contribution in [3.63, 3.8) is 0 Å². The zero-order chi connectivity index (χ0) is 15.4. The number of benzene rings is 1. The Bertz CT molecular complexity index is 492. The molecule has 1 saturated carbocycles. The summed E-state index contributed by atoms with van der Waals surface area (Å²) in [4.78, 5) is 10.8. The van der Waals surface area contributed by atoms with Crippen LogP contribution in [0, 0.1) is 22.0 Å². The van der Waals surface area contributed by atoms with E-state index in [0.29, 0.717) is 12.5 Å². The highest BCUT2D eigenvalue weighted by Gasteiger charge is 2.23. The number of hydrogen-bond acceptors (Lipinski definition) is 3. The zero-order valence-corrected chi connectivity index (χ0v) is 13.3. The van der Waals surface area contributed by atoms with E-state index in [0.717, 1.165) is 35.9 Å². The average Bonchev–Trinajstić information content (AvgIpc) is 2.47. The highest BCUT2D eigenvalue weighted by Crippen LogP contribution is 2.32. The van der Waals surface area contributed by atoms with Crippen LogP contribution in [0.2, 0.25) is 0 Å². The first-order valence-corrected chi connectivity index (χ1v) is 8.05. The fraction of sp³-hybridized carbons (Fsp3) is 0.647. The van der Waals surface area contributed by atoms with Crippen LogP contribution in [0.4, 0.5) is 11.4 Å². The van der Waals surface area contributed by atoms with Gasteiger partial charge in [0.15, 0.2) is 0 Å². The first-order chi connectivity index (χ1) is 10.0. The van der Waals surface area contributed by atoms with Crippen molar-refractivity contribution in [3.8, 4) is 0 Å². The molecule has 0 heterocycles. The lowest BCUT2D eigenvalue weighted by molar-refractivity contribution is -0.385. The van der Waals surface area contributed by atoms with Crippen molar-refractivity contribution < 1.29 is 4.92 Å². The largest absolute Gasteiger partial charge is 0.382 e. The van der Waals surface area contributed by atoms with Gasteiger partial charge in [0, 0.05) is 23.4 Å². The van der Waals surface area contributed by atoms with Crippen LogP contribution in [0.5, 0.6) is 0 Å². The molecule has 1 aliphatic rings. The van der Waals surface area contributed by atoms with Gasteiger partial charge in [-0.15, -0.1) is 0 Å². The van der Waals surface area contributed by atoms with Gasteiger partial charge < -0.3 is 5.32 Å². The summed E-state index contributed by atoms with van der Waals surface area (Å²) in [7, 11) is 0. The molecule has 0 radical (unpaired) electrons. The van der Waals surface area contributed by atoms with Crippen LogP contribution < -0.4 is 5.32 Å². The molecule has 116 valence electrons. The smallest absolute Gasteiger partial charge is 0.274 e. The topological polar surface area (TPSA) is 55.2 Å². The predicted octanol–water partition coefficient (Wildman–Crippen LogP) is 4.78. The number of nitro groups is 1. The Morgan fingerprint density at radius 2 is 1.95 bits per heavy atom. The third kappa shape index (κ3) is 3.96. The second-order valence-corrected chi connectivity index (χ2v) is 6.45. The molecule has 1 fully saturated rings. The van der Waals surface area contributed by atoms with E-state index in [9.17, 15) is 10.1 Å². The maximum atomic E-state index is 11.1. The summed E-state index contributed by atoms with van der Waals surface area (Å²) >= 11 is 0. The second-order valence-electron chi connectivity index (χ2n) is 6.45. The normalized spacial score (nSPS) is 22.3. The van der Waals surface area contributed by atoms with Crippen LogP contribution in [0.15, 0.2) is 18.2 Å². The highest BCUT2D eigenvalue weighted by molar-refractivity contribution is 5.55. The molecule has 0 atom stereocenters. The van der Waals surface area contributed by atoms with Crippen molar-refractivity contribution in [3.05, 3.63) is 33.9 Å². The Morgan fingerprint density at radius 1 is 1.29 bits per heavy atom. The average molecular weight is 290 g/mol. The van der Waals surface area contributed by atoms with Crippen molar-refractivity contribution in [2.45, 2.75) is 58.9 Å². The van der Waals surface area contributed by atoms with Gasteiger partial charge >= 0.3 is 0 Å². The molecule has 4 heteroatoms. The summed E-state index contributed by atoms with van der Waals surface area (Å²) in [6, 6.07) is 5.99. The quantitative estimate of drug-likeness (QED) is 0.627. The minimum Gasteiger partial charge on any atom is -0.382 e. The first-order valence-electron chi connectivity index (χ1n) is 8.05. The van der Waals surface area contributed by atoms with E-state index in [1.807, 2.05) is 19.1 Å². The highest BCUT2D eigenvalue weighted by atomic mass is 16.6. The Hall–Kier alpha value is -1.58. The molecule has 0 amide bonds. The van der Waals surface area contributed by atoms with Crippen LogP contribution >= 0.6 is 0 Å². The number of anilines is 1. The minimum atomic E-state index is -0.278. The van der Waals surface area contributed by atoms with Gasteiger partial charge in [-0.05, 0) is 50.0 Å². The van der Waals surface area contributed by atoms with Crippen molar-refractivity contribution >= 4 is 11.4 Å². The fourth-order valence-corrected chi connectivity index (χ4v) is 3.29. The van der Waals surface area contributed by atoms with Crippen LogP contribution in [0.1, 0.15) is 52.0 Å². The van der Waals surface area contributed by atoms with E-state index in [1.165, 1.54) is 12.8 Å². The SMILES string of the molecule is CCc1ccc(NC2CCC(C(C)C)CC2)cc1[N+](=O)[O-]. The number of nitro benzene ring substituents is 1. The van der Waals surface area contributed by atoms with Gasteiger partial charge in [-0.3, -0.25) is 10.1 Å². The molecular formula is C17H26N2O2. The number of nitrogens with one attached hydrogen (secondary N) is 1. The molecule has 0 aromatic heterocycles. The third-order valence-electron chi connectivity index (χ3n) is 4.75. The molecule has 0 unspecified atom stereocenters. The van der Waals surface area contributed by atoms with Gasteiger partial charge in [0.1, 0.15) is 0 Å². The maximum Gasteiger partial charge on any atom is 0.274 e. The van der Waals surface area contributed by atoms with Crippen molar-refractivity contribution in [2.75, 3.05) is 5.32 Å². The predicted molar refractivity (Wildman–Crippen MR) is 86.7 cm³/mol. The zero-order valence-electron chi connectivity index (χ0n) is 13.3. The van der Waals surface area contributed by atoms with Gasteiger partial charge in [0.05, 0.1) is 4.92 Å². The fourth-order valence-electron chi connectivity index (χ4n) is 3.29. The third-order valence-corrected chi connectivity index (χ3v) is 4.75. The van der Waals surface area contributed by atoms with Crippen LogP contribution in [0.25, 0.3) is 0 Å². The second kappa shape index (κ2) is 6.92. The van der Waals surface area contributed by atoms with E-state index in [4.69, 9.17) is 0 Å². The number of aryl methyl sites for hydroxylation is 1. The van der Waals surface area contributed by atoms with Gasteiger partial charge in [-0.1, -0.05) is 26.8 Å². The monoisotopic (exact) mass is 290 g/mol. The van der Waals surface area contributed by atoms with Crippen molar-refractivity contribution in [1.82, 2.24) is 0 Å². The molecule has 0 bridgehead atoms. The summed E-state index contributed by atoms with van der Waals surface area (Å²) in [6.45, 7) is 6.54. The summed E-state index contributed by atoms with van der Waals surface area (Å²) in [5.41, 5.74) is 1.92. The Kier molecular flexibility index (Phi) is 5.21. The maximum absolute atomic E-state index is 11.1. The number of hydrogen-bond donors (Lipinski definition) is 1. The lowest BCUT2D eigenvalue weighted by atomic mass is 9.79. The molecule has 21 heavy (non-hydrogen) atoms. The molecule has 1 aromatic rings. The molecule has 0 saturated heterocycles. The van der Waals surface area contributed by atoms with Gasteiger partial charge in [-0.2, -0.15) is 0 Å². The van der Waals surface area contributed by atoms with Crippen molar-refractivity contribution in [2.24, 2.45) is 11.8 Å². The lowest BCUT2D eigenvalue weighted by Crippen LogP contribution is -2.27. The summed E-state index contributed by atoms with van der Waals surface area (Å²) in [5.74, 6) is 1.59. The van der Waals surface area contributed by atoms with E-state index in [-0.39, 0.29) is 10.6 Å². The Morgan fingerprint density at radius 3 is 2.48 bits per heavy atom. The molecule has 1 N–H and O–H groups in total. The summed E-state index contributed by atoms with van der Waals surface area (Å²) < 4.78 is 0. The molecule has 4 nitrogen and oxygen atoms in total. The minimum absolute atomic E-state index is 0.235. The number of nitrogens with zero attached hydrogens (tertiary/aromatic N) is 1. The number of rotatable bonds is 5. The molecule has 0 spiro atoms. The van der Waals surface area contributed by atoms with Crippen molar-refractivity contribution in [1.29, 1.82) is 0 Å². The first kappa shape index (κ1) is 15.8. The van der Waals surface area contributed by atoms with Crippen LogP contribution in [0.3, 0.4) is 0 Å². The molecule has 1 aromatic carbocycles. The van der Waals surface area contributed by atoms with E-state index < -0.39 is 0 Å². The van der Waals surface area contributed by atoms with E-state index in [2.05, 4.69) is 19.2 Å². The van der Waals surface area contributed by atoms with Gasteiger partial charge in [0.25, 0.3) is 5.69 Å². The summed E-state index contributed by atoms with van der Waals surface area (Å²) in [5, 5.41) is 14.6. The van der Waals surface area contributed by atoms with Crippen LogP contribution in [-0.2, 0) is 6.42 Å². The molecule has 1 aliphatic carbocycles. The summed E-state index contributed by atoms with van der Waals surface area (Å²) in [6.07, 6.45) is 5.52.